The monoisotopic (exact) mass is 311 g/mol. The molecule has 0 amide bonds. The van der Waals surface area contributed by atoms with E-state index in [0.29, 0.717) is 17.5 Å². The number of hydrogen-bond acceptors (Lipinski definition) is 2. The SMILES string of the molecule is CNC(CCOCC(F)F)c1ccc(C(F)(F)F)cc1C. The highest BCUT2D eigenvalue weighted by Crippen LogP contribution is 2.32. The van der Waals surface area contributed by atoms with E-state index in [1.807, 2.05) is 0 Å². The number of nitrogens with one attached hydrogen (secondary N) is 1. The minimum absolute atomic E-state index is 0.107. The van der Waals surface area contributed by atoms with Gasteiger partial charge in [-0.25, -0.2) is 8.78 Å². The Morgan fingerprint density at radius 2 is 1.90 bits per heavy atom. The molecule has 0 spiro atoms. The van der Waals surface area contributed by atoms with E-state index in [-0.39, 0.29) is 12.6 Å². The fourth-order valence-corrected chi connectivity index (χ4v) is 2.07. The lowest BCUT2D eigenvalue weighted by Gasteiger charge is -2.20. The number of benzene rings is 1. The van der Waals surface area contributed by atoms with Gasteiger partial charge >= 0.3 is 6.18 Å². The molecule has 0 fully saturated rings. The van der Waals surface area contributed by atoms with Crippen LogP contribution in [0.2, 0.25) is 0 Å². The lowest BCUT2D eigenvalue weighted by atomic mass is 9.97. The average Bonchev–Trinajstić information content (AvgIpc) is 2.38. The maximum absolute atomic E-state index is 12.6. The molecule has 0 saturated carbocycles. The first-order chi connectivity index (χ1) is 9.75. The Bertz CT molecular complexity index is 447. The van der Waals surface area contributed by atoms with Gasteiger partial charge in [-0.1, -0.05) is 6.07 Å². The van der Waals surface area contributed by atoms with Crippen molar-refractivity contribution in [2.24, 2.45) is 0 Å². The van der Waals surface area contributed by atoms with E-state index in [1.165, 1.54) is 6.07 Å². The van der Waals surface area contributed by atoms with E-state index < -0.39 is 24.8 Å². The minimum atomic E-state index is -4.38. The normalized spacial score (nSPS) is 13.7. The molecule has 0 saturated heterocycles. The average molecular weight is 311 g/mol. The zero-order valence-electron chi connectivity index (χ0n) is 11.8. The van der Waals surface area contributed by atoms with Crippen LogP contribution in [0.3, 0.4) is 0 Å². The maximum Gasteiger partial charge on any atom is 0.416 e. The van der Waals surface area contributed by atoms with Crippen LogP contribution in [-0.4, -0.2) is 26.7 Å². The summed E-state index contributed by atoms with van der Waals surface area (Å²) in [5, 5.41) is 2.96. The number of aryl methyl sites for hydroxylation is 1. The van der Waals surface area contributed by atoms with Crippen molar-refractivity contribution < 1.29 is 26.7 Å². The molecular formula is C14H18F5NO. The second kappa shape index (κ2) is 7.70. The van der Waals surface area contributed by atoms with Crippen LogP contribution in [0.4, 0.5) is 22.0 Å². The van der Waals surface area contributed by atoms with E-state index in [0.717, 1.165) is 12.1 Å². The van der Waals surface area contributed by atoms with E-state index in [9.17, 15) is 22.0 Å². The summed E-state index contributed by atoms with van der Waals surface area (Å²) in [7, 11) is 1.66. The molecule has 0 radical (unpaired) electrons. The van der Waals surface area contributed by atoms with E-state index in [1.54, 1.807) is 14.0 Å². The van der Waals surface area contributed by atoms with Gasteiger partial charge in [0, 0.05) is 12.6 Å². The number of rotatable bonds is 7. The molecular weight excluding hydrogens is 293 g/mol. The molecule has 2 nitrogen and oxygen atoms in total. The van der Waals surface area contributed by atoms with Crippen molar-refractivity contribution in [1.29, 1.82) is 0 Å². The molecule has 1 unspecified atom stereocenters. The summed E-state index contributed by atoms with van der Waals surface area (Å²) >= 11 is 0. The van der Waals surface area contributed by atoms with Gasteiger partial charge in [-0.3, -0.25) is 0 Å². The molecule has 1 atom stereocenters. The Balaban J connectivity index is 2.73. The van der Waals surface area contributed by atoms with Crippen molar-refractivity contribution >= 4 is 0 Å². The van der Waals surface area contributed by atoms with Crippen molar-refractivity contribution in [3.05, 3.63) is 34.9 Å². The van der Waals surface area contributed by atoms with Gasteiger partial charge in [0.05, 0.1) is 5.56 Å². The second-order valence-electron chi connectivity index (χ2n) is 4.67. The van der Waals surface area contributed by atoms with Gasteiger partial charge in [0.1, 0.15) is 6.61 Å². The van der Waals surface area contributed by atoms with Gasteiger partial charge < -0.3 is 10.1 Å². The third-order valence-electron chi connectivity index (χ3n) is 3.12. The van der Waals surface area contributed by atoms with E-state index >= 15 is 0 Å². The summed E-state index contributed by atoms with van der Waals surface area (Å²) in [6, 6.07) is 3.27. The van der Waals surface area contributed by atoms with Crippen LogP contribution >= 0.6 is 0 Å². The predicted molar refractivity (Wildman–Crippen MR) is 69.4 cm³/mol. The van der Waals surface area contributed by atoms with Crippen molar-refractivity contribution in [2.75, 3.05) is 20.3 Å². The van der Waals surface area contributed by atoms with Gasteiger partial charge in [-0.2, -0.15) is 13.2 Å². The lowest BCUT2D eigenvalue weighted by molar-refractivity contribution is -0.137. The largest absolute Gasteiger partial charge is 0.416 e. The van der Waals surface area contributed by atoms with Crippen LogP contribution in [0.15, 0.2) is 18.2 Å². The Labute approximate surface area is 120 Å². The summed E-state index contributed by atoms with van der Waals surface area (Å²) < 4.78 is 66.5. The fourth-order valence-electron chi connectivity index (χ4n) is 2.07. The standard InChI is InChI=1S/C14H18F5NO/c1-9-7-10(14(17,18)19)3-4-11(9)12(20-2)5-6-21-8-13(15)16/h3-4,7,12-13,20H,5-6,8H2,1-2H3. The Hall–Kier alpha value is -1.21. The second-order valence-corrected chi connectivity index (χ2v) is 4.67. The molecule has 0 heterocycles. The van der Waals surface area contributed by atoms with Crippen molar-refractivity contribution in [1.82, 2.24) is 5.32 Å². The first kappa shape index (κ1) is 17.8. The molecule has 21 heavy (non-hydrogen) atoms. The summed E-state index contributed by atoms with van der Waals surface area (Å²) in [6.07, 6.45) is -6.50. The molecule has 0 aromatic heterocycles. The number of alkyl halides is 5. The first-order valence-electron chi connectivity index (χ1n) is 6.46. The zero-order valence-corrected chi connectivity index (χ0v) is 11.8. The van der Waals surface area contributed by atoms with Crippen molar-refractivity contribution in [3.63, 3.8) is 0 Å². The molecule has 0 bridgehead atoms. The van der Waals surface area contributed by atoms with Gasteiger partial charge in [0.2, 0.25) is 0 Å². The molecule has 1 rings (SSSR count). The Kier molecular flexibility index (Phi) is 6.54. The summed E-state index contributed by atoms with van der Waals surface area (Å²) in [5.41, 5.74) is 0.497. The first-order valence-corrected chi connectivity index (χ1v) is 6.46. The smallest absolute Gasteiger partial charge is 0.375 e. The number of ether oxygens (including phenoxy) is 1. The lowest BCUT2D eigenvalue weighted by Crippen LogP contribution is -2.20. The highest BCUT2D eigenvalue weighted by Gasteiger charge is 2.31. The van der Waals surface area contributed by atoms with E-state index in [4.69, 9.17) is 4.74 Å². The highest BCUT2D eigenvalue weighted by atomic mass is 19.4. The van der Waals surface area contributed by atoms with Gasteiger partial charge in [-0.05, 0) is 43.7 Å². The summed E-state index contributed by atoms with van der Waals surface area (Å²) in [4.78, 5) is 0. The molecule has 0 aliphatic rings. The molecule has 0 aliphatic carbocycles. The number of hydrogen-bond donors (Lipinski definition) is 1. The van der Waals surface area contributed by atoms with Gasteiger partial charge in [0.15, 0.2) is 0 Å². The predicted octanol–water partition coefficient (Wildman–Crippen LogP) is 3.95. The van der Waals surface area contributed by atoms with Crippen LogP contribution in [-0.2, 0) is 10.9 Å². The minimum Gasteiger partial charge on any atom is -0.375 e. The van der Waals surface area contributed by atoms with Gasteiger partial charge in [-0.15, -0.1) is 0 Å². The van der Waals surface area contributed by atoms with Crippen LogP contribution in [0.5, 0.6) is 0 Å². The Morgan fingerprint density at radius 3 is 2.38 bits per heavy atom. The van der Waals surface area contributed by atoms with Crippen LogP contribution < -0.4 is 5.32 Å². The zero-order chi connectivity index (χ0) is 16.0. The Morgan fingerprint density at radius 1 is 1.24 bits per heavy atom. The van der Waals surface area contributed by atoms with E-state index in [2.05, 4.69) is 5.32 Å². The highest BCUT2D eigenvalue weighted by molar-refractivity contribution is 5.34. The summed E-state index contributed by atoms with van der Waals surface area (Å²) in [6.45, 7) is 1.06. The van der Waals surface area contributed by atoms with Crippen molar-refractivity contribution in [3.8, 4) is 0 Å². The third-order valence-corrected chi connectivity index (χ3v) is 3.12. The molecule has 1 N–H and O–H groups in total. The third kappa shape index (κ3) is 5.59. The van der Waals surface area contributed by atoms with Crippen molar-refractivity contribution in [2.45, 2.75) is 32.0 Å². The van der Waals surface area contributed by atoms with Gasteiger partial charge in [0.25, 0.3) is 6.43 Å². The molecule has 120 valence electrons. The topological polar surface area (TPSA) is 21.3 Å². The quantitative estimate of drug-likeness (QED) is 0.608. The van der Waals surface area contributed by atoms with Crippen LogP contribution in [0, 0.1) is 6.92 Å². The van der Waals surface area contributed by atoms with Crippen LogP contribution in [0.25, 0.3) is 0 Å². The molecule has 0 aliphatic heterocycles. The molecule has 1 aromatic carbocycles. The number of halogens is 5. The summed E-state index contributed by atoms with van der Waals surface area (Å²) in [5.74, 6) is 0. The maximum atomic E-state index is 12.6. The van der Waals surface area contributed by atoms with Crippen LogP contribution in [0.1, 0.15) is 29.2 Å². The fraction of sp³-hybridized carbons (Fsp3) is 0.571. The molecule has 1 aromatic rings. The molecule has 7 heteroatoms.